The molecule has 0 bridgehead atoms. The van der Waals surface area contributed by atoms with Crippen LogP contribution in [0.3, 0.4) is 0 Å². The van der Waals surface area contributed by atoms with Crippen molar-refractivity contribution < 1.29 is 23.9 Å². The van der Waals surface area contributed by atoms with Crippen LogP contribution >= 0.6 is 0 Å². The lowest BCUT2D eigenvalue weighted by atomic mass is 10.2. The Kier molecular flexibility index (Phi) is 5.50. The van der Waals surface area contributed by atoms with Gasteiger partial charge in [0.05, 0.1) is 24.2 Å². The molecule has 0 saturated heterocycles. The maximum atomic E-state index is 12.4. The molecular formula is C22H19N5O5. The lowest BCUT2D eigenvalue weighted by molar-refractivity contribution is -0.119. The van der Waals surface area contributed by atoms with E-state index in [2.05, 4.69) is 15.1 Å². The molecule has 3 heterocycles. The first-order valence-corrected chi connectivity index (χ1v) is 9.79. The van der Waals surface area contributed by atoms with Crippen molar-refractivity contribution in [3.63, 3.8) is 0 Å². The van der Waals surface area contributed by atoms with Gasteiger partial charge in [0, 0.05) is 17.8 Å². The Labute approximate surface area is 183 Å². The summed E-state index contributed by atoms with van der Waals surface area (Å²) in [6.07, 6.45) is 3.74. The molecule has 2 aromatic heterocycles. The molecule has 10 nitrogen and oxygen atoms in total. The second-order valence-corrected chi connectivity index (χ2v) is 6.89. The molecular weight excluding hydrogens is 414 g/mol. The third kappa shape index (κ3) is 3.97. The molecule has 1 aliphatic rings. The van der Waals surface area contributed by atoms with Crippen LogP contribution in [0.25, 0.3) is 5.95 Å². The molecule has 0 N–H and O–H groups in total. The Hall–Kier alpha value is -4.34. The van der Waals surface area contributed by atoms with E-state index >= 15 is 0 Å². The normalized spacial score (nSPS) is 13.0. The molecule has 2 amide bonds. The molecule has 0 atom stereocenters. The minimum atomic E-state index is -0.627. The number of rotatable bonds is 6. The molecule has 32 heavy (non-hydrogen) atoms. The summed E-state index contributed by atoms with van der Waals surface area (Å²) >= 11 is 0. The second kappa shape index (κ2) is 8.42. The van der Waals surface area contributed by atoms with Crippen molar-refractivity contribution in [3.05, 3.63) is 65.6 Å². The van der Waals surface area contributed by atoms with Crippen molar-refractivity contribution in [3.8, 4) is 17.6 Å². The first kappa shape index (κ1) is 20.9. The van der Waals surface area contributed by atoms with Gasteiger partial charge in [-0.1, -0.05) is 0 Å². The van der Waals surface area contributed by atoms with Crippen LogP contribution in [0.4, 0.5) is 5.69 Å². The molecule has 0 saturated carbocycles. The minimum absolute atomic E-state index is 0.0104. The van der Waals surface area contributed by atoms with Crippen molar-refractivity contribution >= 4 is 23.5 Å². The van der Waals surface area contributed by atoms with E-state index in [9.17, 15) is 14.4 Å². The van der Waals surface area contributed by atoms with Gasteiger partial charge < -0.3 is 9.47 Å². The Balaban J connectivity index is 1.67. The second-order valence-electron chi connectivity index (χ2n) is 6.89. The predicted molar refractivity (Wildman–Crippen MR) is 113 cm³/mol. The molecule has 0 aliphatic carbocycles. The number of hydrogen-bond donors (Lipinski definition) is 0. The third-order valence-electron chi connectivity index (χ3n) is 4.55. The fraction of sp³-hybridized carbons (Fsp3) is 0.182. The van der Waals surface area contributed by atoms with Gasteiger partial charge in [0.15, 0.2) is 0 Å². The highest BCUT2D eigenvalue weighted by Gasteiger charge is 2.25. The summed E-state index contributed by atoms with van der Waals surface area (Å²) in [5.41, 5.74) is 2.05. The summed E-state index contributed by atoms with van der Waals surface area (Å²) in [6.45, 7) is 5.58. The van der Waals surface area contributed by atoms with E-state index < -0.39 is 17.8 Å². The number of aryl methyl sites for hydroxylation is 2. The van der Waals surface area contributed by atoms with Crippen molar-refractivity contribution in [2.45, 2.75) is 20.8 Å². The fourth-order valence-corrected chi connectivity index (χ4v) is 3.15. The molecule has 0 spiro atoms. The maximum Gasteiger partial charge on any atom is 0.345 e. The van der Waals surface area contributed by atoms with E-state index in [0.717, 1.165) is 16.3 Å². The van der Waals surface area contributed by atoms with Gasteiger partial charge in [-0.3, -0.25) is 9.59 Å². The molecule has 0 unspecified atom stereocenters. The molecule has 4 rings (SSSR count). The highest BCUT2D eigenvalue weighted by molar-refractivity contribution is 6.28. The average Bonchev–Trinajstić information content (AvgIpc) is 3.28. The summed E-state index contributed by atoms with van der Waals surface area (Å²) < 4.78 is 12.5. The predicted octanol–water partition coefficient (Wildman–Crippen LogP) is 2.68. The summed E-state index contributed by atoms with van der Waals surface area (Å²) in [6, 6.07) is 8.12. The topological polar surface area (TPSA) is 117 Å². The van der Waals surface area contributed by atoms with Crippen LogP contribution in [0, 0.1) is 13.8 Å². The van der Waals surface area contributed by atoms with Gasteiger partial charge in [0.25, 0.3) is 17.8 Å². The zero-order valence-corrected chi connectivity index (χ0v) is 17.6. The number of benzene rings is 1. The largest absolute Gasteiger partial charge is 0.462 e. The fourth-order valence-electron chi connectivity index (χ4n) is 3.15. The smallest absolute Gasteiger partial charge is 0.345 e. The first-order valence-electron chi connectivity index (χ1n) is 9.79. The molecule has 0 radical (unpaired) electrons. The van der Waals surface area contributed by atoms with Gasteiger partial charge in [0.2, 0.25) is 5.88 Å². The van der Waals surface area contributed by atoms with Crippen LogP contribution in [0.1, 0.15) is 28.7 Å². The summed E-state index contributed by atoms with van der Waals surface area (Å²) in [5, 5.41) is 4.35. The summed E-state index contributed by atoms with van der Waals surface area (Å²) in [7, 11) is 0. The first-order chi connectivity index (χ1) is 15.4. The average molecular weight is 433 g/mol. The monoisotopic (exact) mass is 433 g/mol. The molecule has 1 aromatic carbocycles. The Morgan fingerprint density at radius 2 is 1.75 bits per heavy atom. The van der Waals surface area contributed by atoms with Crippen LogP contribution in [-0.4, -0.2) is 44.1 Å². The number of aromatic nitrogens is 4. The van der Waals surface area contributed by atoms with Gasteiger partial charge in [0.1, 0.15) is 11.3 Å². The minimum Gasteiger partial charge on any atom is -0.462 e. The van der Waals surface area contributed by atoms with Crippen LogP contribution in [0.15, 0.2) is 48.7 Å². The number of carbonyl (C=O) groups is 3. The summed E-state index contributed by atoms with van der Waals surface area (Å²) in [5.74, 6) is -0.904. The van der Waals surface area contributed by atoms with Crippen LogP contribution in [0.5, 0.6) is 11.6 Å². The number of hydrogen-bond acceptors (Lipinski definition) is 8. The van der Waals surface area contributed by atoms with E-state index in [-0.39, 0.29) is 24.0 Å². The SMILES string of the molecule is CCOC(=O)c1cnc(-n2nc(C)cc2C)nc1Oc1ccc(N2C(=O)C=CC2=O)cc1. The number of nitrogens with zero attached hydrogens (tertiary/aromatic N) is 5. The van der Waals surface area contributed by atoms with Crippen LogP contribution in [-0.2, 0) is 14.3 Å². The van der Waals surface area contributed by atoms with Gasteiger partial charge in [-0.15, -0.1) is 0 Å². The van der Waals surface area contributed by atoms with Crippen LogP contribution in [0.2, 0.25) is 0 Å². The Bertz CT molecular complexity index is 1230. The quantitative estimate of drug-likeness (QED) is 0.430. The number of anilines is 1. The van der Waals surface area contributed by atoms with E-state index in [1.165, 1.54) is 23.0 Å². The number of amides is 2. The van der Waals surface area contributed by atoms with Crippen molar-refractivity contribution in [1.82, 2.24) is 19.7 Å². The summed E-state index contributed by atoms with van der Waals surface area (Å²) in [4.78, 5) is 45.7. The zero-order valence-electron chi connectivity index (χ0n) is 17.6. The highest BCUT2D eigenvalue weighted by atomic mass is 16.5. The molecule has 3 aromatic rings. The van der Waals surface area contributed by atoms with Crippen molar-refractivity contribution in [2.24, 2.45) is 0 Å². The number of ether oxygens (including phenoxy) is 2. The number of carbonyl (C=O) groups excluding carboxylic acids is 3. The van der Waals surface area contributed by atoms with Crippen molar-refractivity contribution in [2.75, 3.05) is 11.5 Å². The third-order valence-corrected chi connectivity index (χ3v) is 4.55. The molecule has 162 valence electrons. The lowest BCUT2D eigenvalue weighted by Gasteiger charge is -2.15. The van der Waals surface area contributed by atoms with E-state index in [0.29, 0.717) is 11.4 Å². The van der Waals surface area contributed by atoms with Gasteiger partial charge in [-0.2, -0.15) is 10.1 Å². The van der Waals surface area contributed by atoms with E-state index in [4.69, 9.17) is 9.47 Å². The standard InChI is InChI=1S/C22H19N5O5/c1-4-31-21(30)17-12-23-22(27-14(3)11-13(2)25-27)24-20(17)32-16-7-5-15(6-8-16)26-18(28)9-10-19(26)29/h5-12H,4H2,1-3H3. The molecule has 1 aliphatic heterocycles. The molecule has 10 heteroatoms. The highest BCUT2D eigenvalue weighted by Crippen LogP contribution is 2.28. The molecule has 0 fully saturated rings. The van der Waals surface area contributed by atoms with Gasteiger partial charge in [-0.05, 0) is 51.1 Å². The Morgan fingerprint density at radius 3 is 2.34 bits per heavy atom. The van der Waals surface area contributed by atoms with Crippen LogP contribution < -0.4 is 9.64 Å². The maximum absolute atomic E-state index is 12.4. The van der Waals surface area contributed by atoms with Gasteiger partial charge in [-0.25, -0.2) is 19.4 Å². The zero-order chi connectivity index (χ0) is 22.8. The number of imide groups is 1. The lowest BCUT2D eigenvalue weighted by Crippen LogP contribution is -2.29. The number of esters is 1. The van der Waals surface area contributed by atoms with E-state index in [1.54, 1.807) is 31.2 Å². The van der Waals surface area contributed by atoms with Gasteiger partial charge >= 0.3 is 5.97 Å². The van der Waals surface area contributed by atoms with Crippen molar-refractivity contribution in [1.29, 1.82) is 0 Å². The Morgan fingerprint density at radius 1 is 1.06 bits per heavy atom. The van der Waals surface area contributed by atoms with E-state index in [1.807, 2.05) is 19.9 Å².